The molecular weight excluding hydrogens is 242 g/mol. The van der Waals surface area contributed by atoms with E-state index in [9.17, 15) is 9.59 Å². The Morgan fingerprint density at radius 3 is 2.53 bits per heavy atom. The van der Waals surface area contributed by atoms with Crippen molar-refractivity contribution in [3.63, 3.8) is 0 Å². The number of carbonyl (C=O) groups is 2. The second kappa shape index (κ2) is 4.99. The van der Waals surface area contributed by atoms with E-state index in [0.29, 0.717) is 11.5 Å². The number of hydrazine groups is 1. The number of amides is 2. The maximum absolute atomic E-state index is 12.0. The SMILES string of the molecule is O=C(NNC(=O)C1CC2CCC1C2)c1ccncc1. The van der Waals surface area contributed by atoms with Crippen molar-refractivity contribution in [1.29, 1.82) is 0 Å². The Labute approximate surface area is 111 Å². The first-order valence-corrected chi connectivity index (χ1v) is 6.74. The van der Waals surface area contributed by atoms with Gasteiger partial charge in [-0.25, -0.2) is 0 Å². The van der Waals surface area contributed by atoms with Crippen LogP contribution in [0.5, 0.6) is 0 Å². The van der Waals surface area contributed by atoms with Gasteiger partial charge in [0.2, 0.25) is 5.91 Å². The van der Waals surface area contributed by atoms with E-state index in [1.807, 2.05) is 0 Å². The van der Waals surface area contributed by atoms with E-state index in [-0.39, 0.29) is 17.7 Å². The van der Waals surface area contributed by atoms with Crippen LogP contribution in [-0.2, 0) is 4.79 Å². The molecule has 2 aliphatic rings. The van der Waals surface area contributed by atoms with Crippen molar-refractivity contribution in [2.75, 3.05) is 0 Å². The van der Waals surface area contributed by atoms with Gasteiger partial charge in [-0.3, -0.25) is 25.4 Å². The minimum absolute atomic E-state index is 0.0467. The molecule has 2 N–H and O–H groups in total. The monoisotopic (exact) mass is 259 g/mol. The molecule has 0 spiro atoms. The summed E-state index contributed by atoms with van der Waals surface area (Å²) >= 11 is 0. The first-order valence-electron chi connectivity index (χ1n) is 6.74. The van der Waals surface area contributed by atoms with Crippen LogP contribution in [0.2, 0.25) is 0 Å². The van der Waals surface area contributed by atoms with Crippen molar-refractivity contribution in [2.45, 2.75) is 25.7 Å². The fourth-order valence-electron chi connectivity index (χ4n) is 3.35. The quantitative estimate of drug-likeness (QED) is 0.786. The van der Waals surface area contributed by atoms with E-state index < -0.39 is 0 Å². The molecule has 3 atom stereocenters. The molecular formula is C14H17N3O2. The molecule has 100 valence electrons. The van der Waals surface area contributed by atoms with Crippen molar-refractivity contribution >= 4 is 11.8 Å². The zero-order valence-electron chi connectivity index (χ0n) is 10.6. The van der Waals surface area contributed by atoms with Crippen molar-refractivity contribution in [2.24, 2.45) is 17.8 Å². The lowest BCUT2D eigenvalue weighted by Gasteiger charge is -2.20. The van der Waals surface area contributed by atoms with Crippen LogP contribution in [0.4, 0.5) is 0 Å². The summed E-state index contributed by atoms with van der Waals surface area (Å²) in [6.45, 7) is 0. The third kappa shape index (κ3) is 2.45. The summed E-state index contributed by atoms with van der Waals surface area (Å²) in [5.74, 6) is 0.962. The van der Waals surface area contributed by atoms with Crippen molar-refractivity contribution < 1.29 is 9.59 Å². The van der Waals surface area contributed by atoms with Crippen LogP contribution in [0.3, 0.4) is 0 Å². The first kappa shape index (κ1) is 12.1. The van der Waals surface area contributed by atoms with Crippen LogP contribution in [0.1, 0.15) is 36.0 Å². The topological polar surface area (TPSA) is 71.1 Å². The highest BCUT2D eigenvalue weighted by molar-refractivity contribution is 5.95. The van der Waals surface area contributed by atoms with E-state index in [0.717, 1.165) is 18.8 Å². The molecule has 0 aromatic carbocycles. The predicted molar refractivity (Wildman–Crippen MR) is 68.8 cm³/mol. The van der Waals surface area contributed by atoms with Crippen LogP contribution in [-0.4, -0.2) is 16.8 Å². The highest BCUT2D eigenvalue weighted by atomic mass is 16.2. The lowest BCUT2D eigenvalue weighted by molar-refractivity contribution is -0.127. The molecule has 3 rings (SSSR count). The number of hydrogen-bond donors (Lipinski definition) is 2. The molecule has 2 bridgehead atoms. The van der Waals surface area contributed by atoms with Crippen LogP contribution >= 0.6 is 0 Å². The van der Waals surface area contributed by atoms with E-state index in [1.165, 1.54) is 12.8 Å². The zero-order chi connectivity index (χ0) is 13.2. The maximum atomic E-state index is 12.0. The molecule has 2 saturated carbocycles. The Kier molecular flexibility index (Phi) is 3.19. The van der Waals surface area contributed by atoms with Gasteiger partial charge in [0.05, 0.1) is 0 Å². The smallest absolute Gasteiger partial charge is 0.269 e. The Balaban J connectivity index is 1.52. The van der Waals surface area contributed by atoms with Gasteiger partial charge in [0.25, 0.3) is 5.91 Å². The van der Waals surface area contributed by atoms with Gasteiger partial charge < -0.3 is 0 Å². The lowest BCUT2D eigenvalue weighted by atomic mass is 9.88. The second-order valence-electron chi connectivity index (χ2n) is 5.46. The number of nitrogens with one attached hydrogen (secondary N) is 2. The van der Waals surface area contributed by atoms with E-state index in [4.69, 9.17) is 0 Å². The predicted octanol–water partition coefficient (Wildman–Crippen LogP) is 1.28. The van der Waals surface area contributed by atoms with Gasteiger partial charge in [0.15, 0.2) is 0 Å². The van der Waals surface area contributed by atoms with Crippen molar-refractivity contribution in [3.05, 3.63) is 30.1 Å². The fourth-order valence-corrected chi connectivity index (χ4v) is 3.35. The summed E-state index contributed by atoms with van der Waals surface area (Å²) in [5.41, 5.74) is 5.51. The van der Waals surface area contributed by atoms with Gasteiger partial charge in [-0.05, 0) is 43.2 Å². The van der Waals surface area contributed by atoms with Crippen molar-refractivity contribution in [1.82, 2.24) is 15.8 Å². The number of pyridine rings is 1. The first-order chi connectivity index (χ1) is 9.24. The molecule has 1 aromatic heterocycles. The molecule has 1 aromatic rings. The molecule has 1 heterocycles. The van der Waals surface area contributed by atoms with Gasteiger partial charge in [0.1, 0.15) is 0 Å². The molecule has 5 heteroatoms. The Morgan fingerprint density at radius 2 is 1.89 bits per heavy atom. The number of nitrogens with zero attached hydrogens (tertiary/aromatic N) is 1. The molecule has 0 radical (unpaired) electrons. The Morgan fingerprint density at radius 1 is 1.11 bits per heavy atom. The van der Waals surface area contributed by atoms with E-state index in [2.05, 4.69) is 15.8 Å². The summed E-state index contributed by atoms with van der Waals surface area (Å²) < 4.78 is 0. The van der Waals surface area contributed by atoms with Gasteiger partial charge in [-0.1, -0.05) is 6.42 Å². The number of fused-ring (bicyclic) bond motifs is 2. The summed E-state index contributed by atoms with van der Waals surface area (Å²) in [6, 6.07) is 3.22. The summed E-state index contributed by atoms with van der Waals surface area (Å²) in [6.07, 6.45) is 7.66. The minimum Gasteiger partial charge on any atom is -0.273 e. The maximum Gasteiger partial charge on any atom is 0.269 e. The van der Waals surface area contributed by atoms with Crippen molar-refractivity contribution in [3.8, 4) is 0 Å². The average Bonchev–Trinajstić information content (AvgIpc) is 3.08. The van der Waals surface area contributed by atoms with Crippen LogP contribution < -0.4 is 10.9 Å². The summed E-state index contributed by atoms with van der Waals surface area (Å²) in [4.78, 5) is 27.6. The number of carbonyl (C=O) groups excluding carboxylic acids is 2. The van der Waals surface area contributed by atoms with Gasteiger partial charge in [-0.2, -0.15) is 0 Å². The van der Waals surface area contributed by atoms with Gasteiger partial charge in [0, 0.05) is 23.9 Å². The molecule has 5 nitrogen and oxygen atoms in total. The molecule has 19 heavy (non-hydrogen) atoms. The lowest BCUT2D eigenvalue weighted by Crippen LogP contribution is -2.45. The molecule has 2 aliphatic carbocycles. The molecule has 2 fully saturated rings. The largest absolute Gasteiger partial charge is 0.273 e. The third-order valence-corrected chi connectivity index (χ3v) is 4.32. The fraction of sp³-hybridized carbons (Fsp3) is 0.500. The van der Waals surface area contributed by atoms with Crippen LogP contribution in [0, 0.1) is 17.8 Å². The van der Waals surface area contributed by atoms with E-state index >= 15 is 0 Å². The number of rotatable bonds is 2. The molecule has 2 amide bonds. The molecule has 3 unspecified atom stereocenters. The molecule has 0 aliphatic heterocycles. The molecule has 0 saturated heterocycles. The minimum atomic E-state index is -0.307. The Hall–Kier alpha value is -1.91. The highest BCUT2D eigenvalue weighted by Gasteiger charge is 2.43. The van der Waals surface area contributed by atoms with Gasteiger partial charge >= 0.3 is 0 Å². The number of hydrogen-bond acceptors (Lipinski definition) is 3. The van der Waals surface area contributed by atoms with Crippen LogP contribution in [0.15, 0.2) is 24.5 Å². The normalized spacial score (nSPS) is 28.1. The van der Waals surface area contributed by atoms with Crippen LogP contribution in [0.25, 0.3) is 0 Å². The second-order valence-corrected chi connectivity index (χ2v) is 5.46. The third-order valence-electron chi connectivity index (χ3n) is 4.32. The number of aromatic nitrogens is 1. The Bertz CT molecular complexity index is 489. The van der Waals surface area contributed by atoms with Gasteiger partial charge in [-0.15, -0.1) is 0 Å². The average molecular weight is 259 g/mol. The highest BCUT2D eigenvalue weighted by Crippen LogP contribution is 2.48. The van der Waals surface area contributed by atoms with E-state index in [1.54, 1.807) is 24.5 Å². The zero-order valence-corrected chi connectivity index (χ0v) is 10.6. The standard InChI is InChI=1S/C14H17N3O2/c18-13(10-3-5-15-6-4-10)16-17-14(19)12-8-9-1-2-11(12)7-9/h3-6,9,11-12H,1-2,7-8H2,(H,16,18)(H,17,19). The summed E-state index contributed by atoms with van der Waals surface area (Å²) in [7, 11) is 0. The summed E-state index contributed by atoms with van der Waals surface area (Å²) in [5, 5.41) is 0.